The zero-order valence-corrected chi connectivity index (χ0v) is 24.3. The van der Waals surface area contributed by atoms with E-state index in [1.54, 1.807) is 6.92 Å². The van der Waals surface area contributed by atoms with Crippen molar-refractivity contribution < 1.29 is 14.6 Å². The van der Waals surface area contributed by atoms with Crippen molar-refractivity contribution >= 4 is 5.97 Å². The fourth-order valence-corrected chi connectivity index (χ4v) is 12.1. The molecule has 5 unspecified atom stereocenters. The third-order valence-electron chi connectivity index (χ3n) is 14.0. The van der Waals surface area contributed by atoms with E-state index in [1.807, 2.05) is 0 Å². The van der Waals surface area contributed by atoms with Gasteiger partial charge >= 0.3 is 5.97 Å². The third kappa shape index (κ3) is 3.41. The van der Waals surface area contributed by atoms with Crippen LogP contribution in [0.4, 0.5) is 0 Å². The Bertz CT molecular complexity index is 871. The van der Waals surface area contributed by atoms with Gasteiger partial charge in [0.15, 0.2) is 0 Å². The van der Waals surface area contributed by atoms with E-state index in [4.69, 9.17) is 4.74 Å². The van der Waals surface area contributed by atoms with Gasteiger partial charge in [-0.05, 0) is 129 Å². The molecule has 0 aromatic rings. The molecule has 35 heavy (non-hydrogen) atoms. The smallest absolute Gasteiger partial charge is 0.302 e. The van der Waals surface area contributed by atoms with Crippen LogP contribution in [-0.2, 0) is 9.53 Å². The van der Waals surface area contributed by atoms with Gasteiger partial charge in [0, 0.05) is 12.3 Å². The molecule has 5 saturated carbocycles. The largest absolute Gasteiger partial charge is 0.462 e. The lowest BCUT2D eigenvalue weighted by Crippen LogP contribution is -2.67. The van der Waals surface area contributed by atoms with Gasteiger partial charge in [0.2, 0.25) is 0 Å². The molecule has 200 valence electrons. The van der Waals surface area contributed by atoms with Crippen LogP contribution in [0.15, 0.2) is 0 Å². The summed E-state index contributed by atoms with van der Waals surface area (Å²) in [5, 5.41) is 11.2. The van der Waals surface area contributed by atoms with Crippen LogP contribution >= 0.6 is 0 Å². The van der Waals surface area contributed by atoms with Crippen LogP contribution in [-0.4, -0.2) is 22.8 Å². The molecule has 5 aliphatic rings. The second-order valence-corrected chi connectivity index (χ2v) is 16.1. The van der Waals surface area contributed by atoms with Crippen LogP contribution in [0.5, 0.6) is 0 Å². The highest BCUT2D eigenvalue weighted by Crippen LogP contribution is 2.77. The van der Waals surface area contributed by atoms with E-state index < -0.39 is 5.60 Å². The lowest BCUT2D eigenvalue weighted by atomic mass is 9.32. The van der Waals surface area contributed by atoms with E-state index >= 15 is 0 Å². The van der Waals surface area contributed by atoms with Crippen molar-refractivity contribution in [2.75, 3.05) is 0 Å². The molecule has 5 rings (SSSR count). The summed E-state index contributed by atoms with van der Waals surface area (Å²) in [6.45, 7) is 21.1. The molecule has 0 aliphatic heterocycles. The molecule has 5 aliphatic carbocycles. The Morgan fingerprint density at radius 1 is 0.800 bits per heavy atom. The second-order valence-electron chi connectivity index (χ2n) is 16.1. The van der Waals surface area contributed by atoms with Crippen molar-refractivity contribution in [2.24, 2.45) is 56.7 Å². The van der Waals surface area contributed by atoms with Gasteiger partial charge in [-0.2, -0.15) is 0 Å². The number of hydrogen-bond acceptors (Lipinski definition) is 3. The van der Waals surface area contributed by atoms with Crippen LogP contribution in [0.2, 0.25) is 0 Å². The molecule has 0 aromatic carbocycles. The highest BCUT2D eigenvalue weighted by atomic mass is 16.5. The number of hydrogen-bond donors (Lipinski definition) is 1. The Hall–Kier alpha value is -0.570. The van der Waals surface area contributed by atoms with Gasteiger partial charge in [-0.25, -0.2) is 0 Å². The summed E-state index contributed by atoms with van der Waals surface area (Å²) < 4.78 is 5.91. The monoisotopic (exact) mass is 486 g/mol. The standard InChI is InChI=1S/C32H54O3/c1-20(33)35-25-14-16-30(7)23(27(25,2)3)13-17-32(9)24(30)11-10-22-26-21(28(4,5)34)12-15-29(26,6)18-19-31(22,32)8/h21-26,34H,10-19H2,1-9H3/t21?,22?,23?,24?,25-,26?,29+,30-,31+,32+/m0/s1. The fourth-order valence-electron chi connectivity index (χ4n) is 12.1. The summed E-state index contributed by atoms with van der Waals surface area (Å²) in [7, 11) is 0. The molecule has 0 bridgehead atoms. The number of rotatable bonds is 2. The topological polar surface area (TPSA) is 46.5 Å². The number of carbonyl (C=O) groups excluding carboxylic acids is 1. The van der Waals surface area contributed by atoms with E-state index in [1.165, 1.54) is 57.8 Å². The normalized spacial score (nSPS) is 53.1. The Morgan fingerprint density at radius 2 is 1.49 bits per heavy atom. The lowest BCUT2D eigenvalue weighted by molar-refractivity contribution is -0.252. The molecular formula is C32H54O3. The van der Waals surface area contributed by atoms with Crippen LogP contribution in [0, 0.1) is 56.7 Å². The van der Waals surface area contributed by atoms with Crippen LogP contribution in [0.1, 0.15) is 127 Å². The van der Waals surface area contributed by atoms with Crippen LogP contribution < -0.4 is 0 Å². The van der Waals surface area contributed by atoms with Gasteiger partial charge < -0.3 is 9.84 Å². The minimum Gasteiger partial charge on any atom is -0.462 e. The van der Waals surface area contributed by atoms with Gasteiger partial charge in [0.05, 0.1) is 5.60 Å². The quantitative estimate of drug-likeness (QED) is 0.405. The summed E-state index contributed by atoms with van der Waals surface area (Å²) in [6.07, 6.45) is 12.7. The zero-order chi connectivity index (χ0) is 25.8. The SMILES string of the molecule is CC(=O)O[C@H]1CC[C@@]2(C)C(CC[C@]3(C)C2CCC2C4C(C(C)(C)O)CC[C@]4(C)CC[C@]23C)C1(C)C. The number of carbonyl (C=O) groups is 1. The Balaban J connectivity index is 1.50. The van der Waals surface area contributed by atoms with Crippen LogP contribution in [0.25, 0.3) is 0 Å². The van der Waals surface area contributed by atoms with Gasteiger partial charge in [0.25, 0.3) is 0 Å². The van der Waals surface area contributed by atoms with E-state index in [0.29, 0.717) is 39.4 Å². The molecule has 0 amide bonds. The Morgan fingerprint density at radius 3 is 2.11 bits per heavy atom. The summed E-state index contributed by atoms with van der Waals surface area (Å²) in [5.41, 5.74) is 0.857. The molecule has 0 heterocycles. The molecule has 0 radical (unpaired) electrons. The van der Waals surface area contributed by atoms with Crippen LogP contribution in [0.3, 0.4) is 0 Å². The van der Waals surface area contributed by atoms with Gasteiger partial charge in [-0.15, -0.1) is 0 Å². The average Bonchev–Trinajstić information content (AvgIpc) is 3.09. The van der Waals surface area contributed by atoms with Crippen molar-refractivity contribution in [3.63, 3.8) is 0 Å². The van der Waals surface area contributed by atoms with E-state index in [0.717, 1.165) is 18.3 Å². The van der Waals surface area contributed by atoms with Crippen molar-refractivity contribution in [3.8, 4) is 0 Å². The maximum absolute atomic E-state index is 11.9. The van der Waals surface area contributed by atoms with Crippen molar-refractivity contribution in [1.82, 2.24) is 0 Å². The van der Waals surface area contributed by atoms with Crippen molar-refractivity contribution in [2.45, 2.75) is 138 Å². The van der Waals surface area contributed by atoms with Gasteiger partial charge in [-0.1, -0.05) is 41.5 Å². The minimum atomic E-state index is -0.582. The molecule has 1 N–H and O–H groups in total. The molecule has 3 nitrogen and oxygen atoms in total. The predicted octanol–water partition coefficient (Wildman–Crippen LogP) is 7.79. The number of esters is 1. The first-order chi connectivity index (χ1) is 16.0. The fraction of sp³-hybridized carbons (Fsp3) is 0.969. The maximum Gasteiger partial charge on any atom is 0.302 e. The average molecular weight is 487 g/mol. The number of fused-ring (bicyclic) bond motifs is 7. The molecule has 0 saturated heterocycles. The lowest BCUT2D eigenvalue weighted by Gasteiger charge is -2.73. The molecule has 3 heteroatoms. The summed E-state index contributed by atoms with van der Waals surface area (Å²) in [5.74, 6) is 3.04. The summed E-state index contributed by atoms with van der Waals surface area (Å²) in [6, 6.07) is 0. The first-order valence-corrected chi connectivity index (χ1v) is 14.9. The Labute approximate surface area is 215 Å². The molecular weight excluding hydrogens is 432 g/mol. The molecule has 5 fully saturated rings. The zero-order valence-electron chi connectivity index (χ0n) is 24.3. The summed E-state index contributed by atoms with van der Waals surface area (Å²) >= 11 is 0. The van der Waals surface area contributed by atoms with Gasteiger partial charge in [-0.3, -0.25) is 4.79 Å². The second kappa shape index (κ2) is 7.73. The Kier molecular flexibility index (Phi) is 5.76. The van der Waals surface area contributed by atoms with Crippen molar-refractivity contribution in [3.05, 3.63) is 0 Å². The third-order valence-corrected chi connectivity index (χ3v) is 14.0. The minimum absolute atomic E-state index is 0.0281. The van der Waals surface area contributed by atoms with E-state index in [2.05, 4.69) is 55.4 Å². The first-order valence-electron chi connectivity index (χ1n) is 14.9. The maximum atomic E-state index is 11.9. The number of ether oxygens (including phenoxy) is 1. The van der Waals surface area contributed by atoms with Crippen molar-refractivity contribution in [1.29, 1.82) is 0 Å². The predicted molar refractivity (Wildman–Crippen MR) is 142 cm³/mol. The highest BCUT2D eigenvalue weighted by molar-refractivity contribution is 5.66. The summed E-state index contributed by atoms with van der Waals surface area (Å²) in [4.78, 5) is 11.9. The van der Waals surface area contributed by atoms with Gasteiger partial charge in [0.1, 0.15) is 6.10 Å². The van der Waals surface area contributed by atoms with E-state index in [9.17, 15) is 9.90 Å². The molecule has 10 atom stereocenters. The highest BCUT2D eigenvalue weighted by Gasteiger charge is 2.71. The first kappa shape index (κ1) is 26.1. The van der Waals surface area contributed by atoms with E-state index in [-0.39, 0.29) is 17.5 Å². The molecule has 0 spiro atoms. The molecule has 0 aromatic heterocycles. The number of aliphatic hydroxyl groups is 1.